The van der Waals surface area contributed by atoms with Crippen molar-refractivity contribution in [2.75, 3.05) is 6.54 Å². The summed E-state index contributed by atoms with van der Waals surface area (Å²) in [6, 6.07) is 0. The lowest BCUT2D eigenvalue weighted by Gasteiger charge is -2.17. The van der Waals surface area contributed by atoms with E-state index in [0.29, 0.717) is 25.8 Å². The smallest absolute Gasteiger partial charge is 0.185 e. The molecule has 1 fully saturated rings. The number of guanidine groups is 1. The number of hydrogen-bond acceptors (Lipinski definition) is 11. The molecule has 0 amide bonds. The fourth-order valence-electron chi connectivity index (χ4n) is 4.70. The number of aliphatic imine (C=N–C) groups is 1. The lowest BCUT2D eigenvalue weighted by molar-refractivity contribution is 0.0521. The number of nitrogens with zero attached hydrogens (tertiary/aromatic N) is 1. The Morgan fingerprint density at radius 1 is 0.714 bits per heavy atom. The number of nitrogens with two attached hydrogens (primary N) is 2. The Morgan fingerprint density at radius 2 is 1.26 bits per heavy atom. The maximum absolute atomic E-state index is 10.4. The highest BCUT2D eigenvalue weighted by atomic mass is 16.6. The van der Waals surface area contributed by atoms with Crippen molar-refractivity contribution in [2.24, 2.45) is 16.5 Å². The highest BCUT2D eigenvalue weighted by Gasteiger charge is 2.45. The normalized spacial score (nSPS) is 23.7. The van der Waals surface area contributed by atoms with Crippen LogP contribution in [0.25, 0.3) is 0 Å². The first-order chi connectivity index (χ1) is 19.8. The third kappa shape index (κ3) is 18.8. The maximum atomic E-state index is 10.4. The van der Waals surface area contributed by atoms with Gasteiger partial charge in [-0.3, -0.25) is 4.99 Å². The molecule has 0 aromatic rings. The summed E-state index contributed by atoms with van der Waals surface area (Å²) in [5, 5.41) is 90.5. The standard InChI is InChI=1S/C29H55N3O10/c1-2-18(33)12-19(34)6-3-7-20(35)13-24(39)14-21(36)8-4-9-23(38)16-26(41)28-27(42-28)17-25(40)15-22(37)10-5-11-32-29(30)31/h3-4,6,8,18-28,33-41H,2,5,7,9-17H2,1H3,(H4,30,31,32). The maximum Gasteiger partial charge on any atom is 0.185 e. The van der Waals surface area contributed by atoms with Gasteiger partial charge in [0.15, 0.2) is 5.96 Å². The highest BCUT2D eigenvalue weighted by molar-refractivity contribution is 5.75. The van der Waals surface area contributed by atoms with E-state index in [1.165, 1.54) is 12.2 Å². The van der Waals surface area contributed by atoms with Gasteiger partial charge in [-0.2, -0.15) is 0 Å². The van der Waals surface area contributed by atoms with Crippen LogP contribution in [0.3, 0.4) is 0 Å². The molecule has 0 radical (unpaired) electrons. The van der Waals surface area contributed by atoms with E-state index in [9.17, 15) is 46.0 Å². The van der Waals surface area contributed by atoms with Gasteiger partial charge in [-0.1, -0.05) is 31.2 Å². The number of aliphatic hydroxyl groups excluding tert-OH is 9. The van der Waals surface area contributed by atoms with Gasteiger partial charge in [0.25, 0.3) is 0 Å². The number of hydrogen-bond donors (Lipinski definition) is 11. The van der Waals surface area contributed by atoms with E-state index in [1.807, 2.05) is 6.92 Å². The first-order valence-electron chi connectivity index (χ1n) is 15.0. The summed E-state index contributed by atoms with van der Waals surface area (Å²) in [5.74, 6) is -0.00796. The van der Waals surface area contributed by atoms with E-state index in [2.05, 4.69) is 4.99 Å². The minimum Gasteiger partial charge on any atom is -0.393 e. The van der Waals surface area contributed by atoms with Gasteiger partial charge < -0.3 is 62.2 Å². The topological polar surface area (TPSA) is 259 Å². The number of aliphatic hydroxyl groups is 9. The Balaban J connectivity index is 2.23. The molecule has 1 saturated heterocycles. The average Bonchev–Trinajstić information content (AvgIpc) is 3.65. The van der Waals surface area contributed by atoms with Crippen molar-refractivity contribution in [3.63, 3.8) is 0 Å². The van der Waals surface area contributed by atoms with E-state index < -0.39 is 61.0 Å². The van der Waals surface area contributed by atoms with E-state index >= 15 is 0 Å². The molecule has 11 atom stereocenters. The predicted octanol–water partition coefficient (Wildman–Crippen LogP) is -1.30. The predicted molar refractivity (Wildman–Crippen MR) is 158 cm³/mol. The molecule has 11 unspecified atom stereocenters. The van der Waals surface area contributed by atoms with E-state index in [4.69, 9.17) is 16.2 Å². The van der Waals surface area contributed by atoms with Crippen molar-refractivity contribution in [1.29, 1.82) is 0 Å². The molecule has 0 saturated carbocycles. The van der Waals surface area contributed by atoms with Crippen LogP contribution in [-0.4, -0.2) is 126 Å². The van der Waals surface area contributed by atoms with Crippen LogP contribution in [0.4, 0.5) is 0 Å². The largest absolute Gasteiger partial charge is 0.393 e. The summed E-state index contributed by atoms with van der Waals surface area (Å²) in [6.45, 7) is 2.21. The fraction of sp³-hybridized carbons (Fsp3) is 0.828. The van der Waals surface area contributed by atoms with Gasteiger partial charge in [-0.15, -0.1) is 0 Å². The van der Waals surface area contributed by atoms with Crippen LogP contribution in [0, 0.1) is 0 Å². The Hall–Kier alpha value is -1.65. The summed E-state index contributed by atoms with van der Waals surface area (Å²) < 4.78 is 5.45. The second-order valence-corrected chi connectivity index (χ2v) is 11.4. The van der Waals surface area contributed by atoms with Gasteiger partial charge in [0.2, 0.25) is 0 Å². The van der Waals surface area contributed by atoms with E-state index in [0.717, 1.165) is 0 Å². The molecule has 0 bridgehead atoms. The molecule has 13 nitrogen and oxygen atoms in total. The number of rotatable bonds is 24. The van der Waals surface area contributed by atoms with Crippen molar-refractivity contribution >= 4 is 5.96 Å². The van der Waals surface area contributed by atoms with E-state index in [-0.39, 0.29) is 63.4 Å². The molecule has 0 aromatic carbocycles. The Bertz CT molecular complexity index is 798. The van der Waals surface area contributed by atoms with Crippen LogP contribution in [0.5, 0.6) is 0 Å². The Morgan fingerprint density at radius 3 is 1.83 bits per heavy atom. The molecule has 42 heavy (non-hydrogen) atoms. The second kappa shape index (κ2) is 21.1. The van der Waals surface area contributed by atoms with Gasteiger partial charge in [0.05, 0.1) is 61.0 Å². The zero-order valence-corrected chi connectivity index (χ0v) is 24.7. The minimum absolute atomic E-state index is 0.00774. The van der Waals surface area contributed by atoms with Crippen LogP contribution < -0.4 is 11.5 Å². The summed E-state index contributed by atoms with van der Waals surface area (Å²) in [5.41, 5.74) is 10.5. The Kier molecular flexibility index (Phi) is 19.3. The zero-order valence-electron chi connectivity index (χ0n) is 24.7. The van der Waals surface area contributed by atoms with Crippen LogP contribution in [0.1, 0.15) is 77.6 Å². The van der Waals surface area contributed by atoms with Crippen molar-refractivity contribution in [3.05, 3.63) is 24.3 Å². The molecular formula is C29H55N3O10. The summed E-state index contributed by atoms with van der Waals surface area (Å²) in [7, 11) is 0. The molecule has 246 valence electrons. The van der Waals surface area contributed by atoms with Gasteiger partial charge in [-0.25, -0.2) is 0 Å². The van der Waals surface area contributed by atoms with Crippen molar-refractivity contribution < 1.29 is 50.7 Å². The molecule has 1 aliphatic rings. The van der Waals surface area contributed by atoms with Crippen LogP contribution in [0.15, 0.2) is 29.3 Å². The zero-order chi connectivity index (χ0) is 31.7. The van der Waals surface area contributed by atoms with Crippen LogP contribution >= 0.6 is 0 Å². The van der Waals surface area contributed by atoms with Crippen LogP contribution in [0.2, 0.25) is 0 Å². The molecule has 0 aliphatic carbocycles. The third-order valence-corrected chi connectivity index (χ3v) is 7.13. The van der Waals surface area contributed by atoms with E-state index in [1.54, 1.807) is 12.2 Å². The lowest BCUT2D eigenvalue weighted by atomic mass is 9.99. The average molecular weight is 606 g/mol. The van der Waals surface area contributed by atoms with Gasteiger partial charge in [-0.05, 0) is 44.9 Å². The molecule has 13 heteroatoms. The van der Waals surface area contributed by atoms with Crippen molar-refractivity contribution in [1.82, 2.24) is 0 Å². The molecule has 1 heterocycles. The first-order valence-corrected chi connectivity index (χ1v) is 15.0. The molecule has 1 rings (SSSR count). The molecule has 13 N–H and O–H groups in total. The fourth-order valence-corrected chi connectivity index (χ4v) is 4.70. The van der Waals surface area contributed by atoms with Crippen molar-refractivity contribution in [3.8, 4) is 0 Å². The summed E-state index contributed by atoms with van der Waals surface area (Å²) in [4.78, 5) is 3.84. The number of ether oxygens (including phenoxy) is 1. The SMILES string of the molecule is CCC(O)CC(O)C=CCC(O)CC(O)CC(O)C=CCC(O)CC(O)C1OC1CC(O)CC(O)CCCN=C(N)N. The van der Waals surface area contributed by atoms with Crippen LogP contribution in [-0.2, 0) is 4.74 Å². The minimum atomic E-state index is -0.989. The third-order valence-electron chi connectivity index (χ3n) is 7.13. The molecule has 0 aromatic heterocycles. The summed E-state index contributed by atoms with van der Waals surface area (Å²) in [6.07, 6.45) is 0.332. The quantitative estimate of drug-likeness (QED) is 0.0202. The van der Waals surface area contributed by atoms with Gasteiger partial charge in [0, 0.05) is 32.2 Å². The van der Waals surface area contributed by atoms with Gasteiger partial charge in [0.1, 0.15) is 6.10 Å². The molecular weight excluding hydrogens is 550 g/mol. The first kappa shape index (κ1) is 38.4. The molecule has 0 spiro atoms. The monoisotopic (exact) mass is 605 g/mol. The summed E-state index contributed by atoms with van der Waals surface area (Å²) >= 11 is 0. The second-order valence-electron chi connectivity index (χ2n) is 11.4. The van der Waals surface area contributed by atoms with Gasteiger partial charge >= 0.3 is 0 Å². The van der Waals surface area contributed by atoms with Crippen molar-refractivity contribution in [2.45, 2.75) is 145 Å². The molecule has 1 aliphatic heterocycles. The number of epoxide rings is 1. The Labute approximate surface area is 248 Å². The highest BCUT2D eigenvalue weighted by Crippen LogP contribution is 2.32. The lowest BCUT2D eigenvalue weighted by Crippen LogP contribution is -2.26.